The smallest absolute Gasteiger partial charge is 0.269 e. The predicted molar refractivity (Wildman–Crippen MR) is 93.1 cm³/mol. The molecule has 1 aliphatic heterocycles. The van der Waals surface area contributed by atoms with Gasteiger partial charge >= 0.3 is 0 Å². The zero-order valence-electron chi connectivity index (χ0n) is 13.8. The van der Waals surface area contributed by atoms with Crippen LogP contribution >= 0.6 is 0 Å². The molecule has 5 heteroatoms. The molecule has 1 fully saturated rings. The molecule has 0 bridgehead atoms. The Balaban J connectivity index is 1.81. The van der Waals surface area contributed by atoms with Gasteiger partial charge in [-0.2, -0.15) is 0 Å². The number of nitro benzene ring substituents is 1. The maximum Gasteiger partial charge on any atom is 0.269 e. The molecule has 2 aromatic rings. The van der Waals surface area contributed by atoms with E-state index in [-0.39, 0.29) is 16.7 Å². The number of ether oxygens (including phenoxy) is 1. The van der Waals surface area contributed by atoms with E-state index in [0.29, 0.717) is 12.5 Å². The average molecular weight is 326 g/mol. The first kappa shape index (κ1) is 16.6. The highest BCUT2D eigenvalue weighted by Crippen LogP contribution is 2.40. The van der Waals surface area contributed by atoms with Crippen molar-refractivity contribution in [1.29, 1.82) is 0 Å². The minimum Gasteiger partial charge on any atom is -0.383 e. The monoisotopic (exact) mass is 326 g/mol. The van der Waals surface area contributed by atoms with Gasteiger partial charge in [-0.15, -0.1) is 0 Å². The van der Waals surface area contributed by atoms with Crippen molar-refractivity contribution in [1.82, 2.24) is 4.90 Å². The van der Waals surface area contributed by atoms with E-state index in [9.17, 15) is 10.1 Å². The number of non-ortho nitro benzene ring substituents is 1. The van der Waals surface area contributed by atoms with Gasteiger partial charge in [0.25, 0.3) is 5.69 Å². The maximum absolute atomic E-state index is 10.9. The molecule has 126 valence electrons. The van der Waals surface area contributed by atoms with E-state index in [1.807, 2.05) is 18.2 Å². The molecule has 5 nitrogen and oxygen atoms in total. The van der Waals surface area contributed by atoms with Crippen molar-refractivity contribution >= 4 is 5.69 Å². The molecule has 0 radical (unpaired) electrons. The Morgan fingerprint density at radius 2 is 1.83 bits per heavy atom. The summed E-state index contributed by atoms with van der Waals surface area (Å²) in [6.07, 6.45) is 1.02. The second-order valence-electron chi connectivity index (χ2n) is 6.20. The van der Waals surface area contributed by atoms with Gasteiger partial charge in [-0.3, -0.25) is 15.0 Å². The average Bonchev–Trinajstić information content (AvgIpc) is 3.05. The fraction of sp³-hybridized carbons (Fsp3) is 0.368. The van der Waals surface area contributed by atoms with Gasteiger partial charge in [0.05, 0.1) is 11.5 Å². The molecule has 3 rings (SSSR count). The summed E-state index contributed by atoms with van der Waals surface area (Å²) in [7, 11) is 1.71. The lowest BCUT2D eigenvalue weighted by Crippen LogP contribution is -2.27. The largest absolute Gasteiger partial charge is 0.383 e. The first-order chi connectivity index (χ1) is 11.7. The summed E-state index contributed by atoms with van der Waals surface area (Å²) in [6, 6.07) is 17.8. The zero-order valence-corrected chi connectivity index (χ0v) is 13.8. The molecule has 0 spiro atoms. The van der Waals surface area contributed by atoms with E-state index >= 15 is 0 Å². The lowest BCUT2D eigenvalue weighted by atomic mass is 9.94. The number of methoxy groups -OCH3 is 1. The summed E-state index contributed by atoms with van der Waals surface area (Å²) in [4.78, 5) is 12.9. The number of rotatable bonds is 6. The van der Waals surface area contributed by atoms with Crippen molar-refractivity contribution < 1.29 is 9.66 Å². The third kappa shape index (κ3) is 3.63. The third-order valence-electron chi connectivity index (χ3n) is 4.75. The number of nitrogens with zero attached hydrogens (tertiary/aromatic N) is 2. The topological polar surface area (TPSA) is 55.6 Å². The Morgan fingerprint density at radius 3 is 2.46 bits per heavy atom. The lowest BCUT2D eigenvalue weighted by Gasteiger charge is -2.24. The van der Waals surface area contributed by atoms with E-state index in [0.717, 1.165) is 25.1 Å². The van der Waals surface area contributed by atoms with E-state index in [1.54, 1.807) is 19.2 Å². The summed E-state index contributed by atoms with van der Waals surface area (Å²) in [5.74, 6) is 0.475. The summed E-state index contributed by atoms with van der Waals surface area (Å²) in [5, 5.41) is 10.9. The van der Waals surface area contributed by atoms with Gasteiger partial charge in [-0.05, 0) is 23.5 Å². The molecule has 0 unspecified atom stereocenters. The number of benzene rings is 2. The molecule has 0 amide bonds. The number of hydrogen-bond donors (Lipinski definition) is 0. The van der Waals surface area contributed by atoms with Gasteiger partial charge < -0.3 is 4.74 Å². The van der Waals surface area contributed by atoms with Crippen molar-refractivity contribution in [2.75, 3.05) is 26.8 Å². The molecule has 0 saturated carbocycles. The number of nitro groups is 1. The van der Waals surface area contributed by atoms with Gasteiger partial charge in [0.15, 0.2) is 0 Å². The molecule has 0 aromatic heterocycles. The summed E-state index contributed by atoms with van der Waals surface area (Å²) >= 11 is 0. The fourth-order valence-corrected chi connectivity index (χ4v) is 3.49. The first-order valence-corrected chi connectivity index (χ1v) is 8.21. The fourth-order valence-electron chi connectivity index (χ4n) is 3.49. The Kier molecular flexibility index (Phi) is 5.23. The standard InChI is InChI=1S/C19H22N2O3/c1-24-12-11-20-14-17(15-5-3-2-4-6-15)13-19(20)16-7-9-18(10-8-16)21(22)23/h2-10,17,19H,11-14H2,1H3/t17-,19+/m0/s1. The molecule has 1 saturated heterocycles. The van der Waals surface area contributed by atoms with Crippen LogP contribution in [0.2, 0.25) is 0 Å². The maximum atomic E-state index is 10.9. The van der Waals surface area contributed by atoms with E-state index < -0.39 is 0 Å². The molecule has 2 aromatic carbocycles. The van der Waals surface area contributed by atoms with Crippen molar-refractivity contribution in [2.24, 2.45) is 0 Å². The van der Waals surface area contributed by atoms with Crippen LogP contribution in [-0.4, -0.2) is 36.6 Å². The second kappa shape index (κ2) is 7.55. The Hall–Kier alpha value is -2.24. The van der Waals surface area contributed by atoms with Crippen LogP contribution in [0, 0.1) is 10.1 Å². The van der Waals surface area contributed by atoms with E-state index in [1.165, 1.54) is 5.56 Å². The molecule has 0 N–H and O–H groups in total. The van der Waals surface area contributed by atoms with Gasteiger partial charge in [0, 0.05) is 38.4 Å². The highest BCUT2D eigenvalue weighted by Gasteiger charge is 2.33. The summed E-state index contributed by atoms with van der Waals surface area (Å²) in [5.41, 5.74) is 2.62. The van der Waals surface area contributed by atoms with E-state index in [2.05, 4.69) is 29.2 Å². The molecule has 0 aliphatic carbocycles. The van der Waals surface area contributed by atoms with Gasteiger partial charge in [0.2, 0.25) is 0 Å². The van der Waals surface area contributed by atoms with Crippen LogP contribution in [0.25, 0.3) is 0 Å². The van der Waals surface area contributed by atoms with Crippen LogP contribution in [0.15, 0.2) is 54.6 Å². The Labute approximate surface area is 142 Å². The highest BCUT2D eigenvalue weighted by molar-refractivity contribution is 5.35. The van der Waals surface area contributed by atoms with Crippen molar-refractivity contribution in [3.05, 3.63) is 75.8 Å². The van der Waals surface area contributed by atoms with Crippen LogP contribution in [0.1, 0.15) is 29.5 Å². The molecule has 1 heterocycles. The summed E-state index contributed by atoms with van der Waals surface area (Å²) in [6.45, 7) is 2.53. The second-order valence-corrected chi connectivity index (χ2v) is 6.20. The zero-order chi connectivity index (χ0) is 16.9. The number of hydrogen-bond acceptors (Lipinski definition) is 4. The van der Waals surface area contributed by atoms with Crippen molar-refractivity contribution in [3.8, 4) is 0 Å². The number of likely N-dealkylation sites (tertiary alicyclic amines) is 1. The van der Waals surface area contributed by atoms with Gasteiger partial charge in [0.1, 0.15) is 0 Å². The summed E-state index contributed by atoms with van der Waals surface area (Å²) < 4.78 is 5.25. The first-order valence-electron chi connectivity index (χ1n) is 8.21. The predicted octanol–water partition coefficient (Wildman–Crippen LogP) is 3.77. The van der Waals surface area contributed by atoms with Crippen LogP contribution in [0.5, 0.6) is 0 Å². The van der Waals surface area contributed by atoms with Crippen LogP contribution in [0.4, 0.5) is 5.69 Å². The van der Waals surface area contributed by atoms with Gasteiger partial charge in [-0.25, -0.2) is 0 Å². The highest BCUT2D eigenvalue weighted by atomic mass is 16.6. The van der Waals surface area contributed by atoms with Gasteiger partial charge in [-0.1, -0.05) is 42.5 Å². The Bertz CT molecular complexity index is 673. The Morgan fingerprint density at radius 1 is 1.12 bits per heavy atom. The minimum absolute atomic E-state index is 0.139. The molecule has 24 heavy (non-hydrogen) atoms. The van der Waals surface area contributed by atoms with Crippen LogP contribution in [0.3, 0.4) is 0 Å². The van der Waals surface area contributed by atoms with Crippen LogP contribution in [-0.2, 0) is 4.74 Å². The minimum atomic E-state index is -0.353. The SMILES string of the molecule is COCCN1C[C@@H](c2ccccc2)C[C@@H]1c1ccc([N+](=O)[O-])cc1. The molecule has 2 atom stereocenters. The molecular formula is C19H22N2O3. The molecular weight excluding hydrogens is 304 g/mol. The normalized spacial score (nSPS) is 21.0. The van der Waals surface area contributed by atoms with Crippen LogP contribution < -0.4 is 0 Å². The van der Waals surface area contributed by atoms with Crippen molar-refractivity contribution in [2.45, 2.75) is 18.4 Å². The lowest BCUT2D eigenvalue weighted by molar-refractivity contribution is -0.384. The van der Waals surface area contributed by atoms with E-state index in [4.69, 9.17) is 4.74 Å². The van der Waals surface area contributed by atoms with Crippen molar-refractivity contribution in [3.63, 3.8) is 0 Å². The molecule has 1 aliphatic rings. The quantitative estimate of drug-likeness (QED) is 0.599. The third-order valence-corrected chi connectivity index (χ3v) is 4.75.